The molecule has 0 heterocycles. The van der Waals surface area contributed by atoms with Crippen molar-refractivity contribution in [1.82, 2.24) is 0 Å². The van der Waals surface area contributed by atoms with Crippen LogP contribution in [0.15, 0.2) is 18.2 Å². The number of nitrogens with one attached hydrogen (secondary N) is 1. The highest BCUT2D eigenvalue weighted by molar-refractivity contribution is 6.32. The van der Waals surface area contributed by atoms with E-state index in [0.717, 1.165) is 12.2 Å². The number of hydrogen-bond donors (Lipinski definition) is 1. The first-order chi connectivity index (χ1) is 9.77. The molecule has 0 aliphatic heterocycles. The zero-order valence-corrected chi connectivity index (χ0v) is 13.2. The molecule has 0 aliphatic rings. The van der Waals surface area contributed by atoms with Gasteiger partial charge < -0.3 is 5.32 Å². The van der Waals surface area contributed by atoms with Crippen LogP contribution in [-0.2, 0) is 0 Å². The first-order valence-corrected chi connectivity index (χ1v) is 8.09. The summed E-state index contributed by atoms with van der Waals surface area (Å²) in [5, 5.41) is 12.7. The third kappa shape index (κ3) is 6.82. The van der Waals surface area contributed by atoms with Gasteiger partial charge in [0.05, 0.1) is 10.6 Å². The van der Waals surface area contributed by atoms with E-state index in [1.54, 1.807) is 6.07 Å². The molecule has 0 unspecified atom stereocenters. The van der Waals surface area contributed by atoms with Crippen LogP contribution in [0.4, 0.5) is 5.69 Å². The van der Waals surface area contributed by atoms with E-state index in [2.05, 4.69) is 18.3 Å². The lowest BCUT2D eigenvalue weighted by Crippen LogP contribution is -2.01. The van der Waals surface area contributed by atoms with Gasteiger partial charge in [0.1, 0.15) is 6.07 Å². The van der Waals surface area contributed by atoms with Crippen molar-refractivity contribution in [3.05, 3.63) is 28.8 Å². The lowest BCUT2D eigenvalue weighted by Gasteiger charge is -2.07. The predicted octanol–water partition coefficient (Wildman–Crippen LogP) is 5.76. The molecule has 0 atom stereocenters. The van der Waals surface area contributed by atoms with Crippen LogP contribution in [0, 0.1) is 11.3 Å². The highest BCUT2D eigenvalue weighted by Crippen LogP contribution is 2.20. The van der Waals surface area contributed by atoms with Gasteiger partial charge in [0.25, 0.3) is 0 Å². The maximum absolute atomic E-state index is 8.80. The third-order valence-electron chi connectivity index (χ3n) is 3.45. The lowest BCUT2D eigenvalue weighted by atomic mass is 10.1. The van der Waals surface area contributed by atoms with Crippen LogP contribution in [0.2, 0.25) is 5.02 Å². The van der Waals surface area contributed by atoms with Gasteiger partial charge in [-0.25, -0.2) is 0 Å². The third-order valence-corrected chi connectivity index (χ3v) is 3.76. The molecule has 2 nitrogen and oxygen atoms in total. The van der Waals surface area contributed by atoms with E-state index in [4.69, 9.17) is 16.9 Å². The lowest BCUT2D eigenvalue weighted by molar-refractivity contribution is 0.581. The van der Waals surface area contributed by atoms with E-state index in [1.165, 1.54) is 51.4 Å². The second kappa shape index (κ2) is 10.6. The van der Waals surface area contributed by atoms with Gasteiger partial charge in [0, 0.05) is 12.2 Å². The summed E-state index contributed by atoms with van der Waals surface area (Å²) in [6.07, 6.45) is 10.6. The molecule has 0 aromatic heterocycles. The maximum Gasteiger partial charge on any atom is 0.101 e. The summed E-state index contributed by atoms with van der Waals surface area (Å²) in [6.45, 7) is 3.22. The Balaban J connectivity index is 2.07. The van der Waals surface area contributed by atoms with E-state index >= 15 is 0 Å². The summed E-state index contributed by atoms with van der Waals surface area (Å²) >= 11 is 5.99. The normalized spacial score (nSPS) is 10.2. The minimum Gasteiger partial charge on any atom is -0.385 e. The fourth-order valence-electron chi connectivity index (χ4n) is 2.21. The molecule has 1 rings (SSSR count). The zero-order chi connectivity index (χ0) is 14.6. The Kier molecular flexibility index (Phi) is 8.91. The first-order valence-electron chi connectivity index (χ1n) is 7.71. The Morgan fingerprint density at radius 1 is 1.05 bits per heavy atom. The van der Waals surface area contributed by atoms with Gasteiger partial charge in [-0.3, -0.25) is 0 Å². The molecule has 0 fully saturated rings. The Hall–Kier alpha value is -1.20. The summed E-state index contributed by atoms with van der Waals surface area (Å²) < 4.78 is 0. The molecular weight excluding hydrogens is 268 g/mol. The van der Waals surface area contributed by atoms with Gasteiger partial charge in [0.2, 0.25) is 0 Å². The Morgan fingerprint density at radius 2 is 1.70 bits per heavy atom. The number of anilines is 1. The van der Waals surface area contributed by atoms with E-state index in [0.29, 0.717) is 10.6 Å². The Bertz CT molecular complexity index is 423. The minimum absolute atomic E-state index is 0.522. The standard InChI is InChI=1S/C17H25ClN2/c1-2-3-4-5-6-7-8-9-12-20-16-11-10-15(14-19)17(18)13-16/h10-11,13,20H,2-9,12H2,1H3. The quantitative estimate of drug-likeness (QED) is 0.556. The molecule has 1 N–H and O–H groups in total. The Morgan fingerprint density at radius 3 is 2.30 bits per heavy atom. The maximum atomic E-state index is 8.80. The van der Waals surface area contributed by atoms with Crippen molar-refractivity contribution in [3.8, 4) is 6.07 Å². The number of nitrogens with zero attached hydrogens (tertiary/aromatic N) is 1. The highest BCUT2D eigenvalue weighted by Gasteiger charge is 2.00. The minimum atomic E-state index is 0.522. The molecular formula is C17H25ClN2. The Labute approximate surface area is 128 Å². The fourth-order valence-corrected chi connectivity index (χ4v) is 2.43. The largest absolute Gasteiger partial charge is 0.385 e. The van der Waals surface area contributed by atoms with Crippen LogP contribution in [-0.4, -0.2) is 6.54 Å². The van der Waals surface area contributed by atoms with E-state index < -0.39 is 0 Å². The van der Waals surface area contributed by atoms with Crippen LogP contribution in [0.25, 0.3) is 0 Å². The average Bonchev–Trinajstić information content (AvgIpc) is 2.46. The topological polar surface area (TPSA) is 35.8 Å². The molecule has 0 saturated heterocycles. The summed E-state index contributed by atoms with van der Waals surface area (Å²) in [5.41, 5.74) is 1.53. The van der Waals surface area contributed by atoms with Crippen LogP contribution >= 0.6 is 11.6 Å². The van der Waals surface area contributed by atoms with Crippen molar-refractivity contribution < 1.29 is 0 Å². The fraction of sp³-hybridized carbons (Fsp3) is 0.588. The second-order valence-electron chi connectivity index (χ2n) is 5.21. The van der Waals surface area contributed by atoms with Crippen molar-refractivity contribution in [2.45, 2.75) is 58.3 Å². The number of nitriles is 1. The van der Waals surface area contributed by atoms with Crippen molar-refractivity contribution in [3.63, 3.8) is 0 Å². The monoisotopic (exact) mass is 292 g/mol. The van der Waals surface area contributed by atoms with Gasteiger partial charge in [-0.05, 0) is 24.6 Å². The SMILES string of the molecule is CCCCCCCCCCNc1ccc(C#N)c(Cl)c1. The number of halogens is 1. The van der Waals surface area contributed by atoms with Crippen LogP contribution in [0.1, 0.15) is 63.9 Å². The van der Waals surface area contributed by atoms with E-state index in [1.807, 2.05) is 12.1 Å². The van der Waals surface area contributed by atoms with Crippen molar-refractivity contribution in [2.24, 2.45) is 0 Å². The van der Waals surface area contributed by atoms with Crippen LogP contribution in [0.3, 0.4) is 0 Å². The number of unbranched alkanes of at least 4 members (excludes halogenated alkanes) is 7. The number of hydrogen-bond acceptors (Lipinski definition) is 2. The summed E-state index contributed by atoms with van der Waals surface area (Å²) in [4.78, 5) is 0. The summed E-state index contributed by atoms with van der Waals surface area (Å²) in [6, 6.07) is 7.57. The first kappa shape index (κ1) is 16.9. The average molecular weight is 293 g/mol. The van der Waals surface area contributed by atoms with Crippen LogP contribution < -0.4 is 5.32 Å². The van der Waals surface area contributed by atoms with Gasteiger partial charge in [-0.2, -0.15) is 5.26 Å². The molecule has 0 spiro atoms. The molecule has 20 heavy (non-hydrogen) atoms. The predicted molar refractivity (Wildman–Crippen MR) is 87.3 cm³/mol. The van der Waals surface area contributed by atoms with E-state index in [-0.39, 0.29) is 0 Å². The zero-order valence-electron chi connectivity index (χ0n) is 12.4. The van der Waals surface area contributed by atoms with Gasteiger partial charge in [-0.15, -0.1) is 0 Å². The summed E-state index contributed by atoms with van der Waals surface area (Å²) in [5.74, 6) is 0. The second-order valence-corrected chi connectivity index (χ2v) is 5.62. The van der Waals surface area contributed by atoms with Crippen molar-refractivity contribution in [1.29, 1.82) is 5.26 Å². The smallest absolute Gasteiger partial charge is 0.101 e. The van der Waals surface area contributed by atoms with Gasteiger partial charge in [-0.1, -0.05) is 63.5 Å². The summed E-state index contributed by atoms with van der Waals surface area (Å²) in [7, 11) is 0. The molecule has 0 aliphatic carbocycles. The van der Waals surface area contributed by atoms with Crippen molar-refractivity contribution >= 4 is 17.3 Å². The number of rotatable bonds is 10. The van der Waals surface area contributed by atoms with Gasteiger partial charge in [0.15, 0.2) is 0 Å². The van der Waals surface area contributed by atoms with Crippen LogP contribution in [0.5, 0.6) is 0 Å². The molecule has 0 saturated carbocycles. The molecule has 0 bridgehead atoms. The molecule has 0 amide bonds. The molecule has 1 aromatic carbocycles. The van der Waals surface area contributed by atoms with Crippen molar-refractivity contribution in [2.75, 3.05) is 11.9 Å². The molecule has 0 radical (unpaired) electrons. The highest BCUT2D eigenvalue weighted by atomic mass is 35.5. The molecule has 110 valence electrons. The number of benzene rings is 1. The van der Waals surface area contributed by atoms with E-state index in [9.17, 15) is 0 Å². The molecule has 3 heteroatoms. The molecule has 1 aromatic rings. The van der Waals surface area contributed by atoms with Gasteiger partial charge >= 0.3 is 0 Å².